The number of aryl methyl sites for hydroxylation is 3. The molecule has 1 aromatic carbocycles. The van der Waals surface area contributed by atoms with Gasteiger partial charge in [-0.3, -0.25) is 4.40 Å². The molecule has 21 heavy (non-hydrogen) atoms. The Balaban J connectivity index is 1.76. The highest BCUT2D eigenvalue weighted by Crippen LogP contribution is 2.21. The van der Waals surface area contributed by atoms with Gasteiger partial charge in [0.15, 0.2) is 4.96 Å². The molecule has 0 bridgehead atoms. The van der Waals surface area contributed by atoms with Gasteiger partial charge in [0.25, 0.3) is 0 Å². The molecule has 1 atom stereocenters. The highest BCUT2D eigenvalue weighted by atomic mass is 32.1. The molecular formula is C17H21N3S. The molecule has 4 heteroatoms. The normalized spacial score (nSPS) is 13.0. The van der Waals surface area contributed by atoms with Crippen LogP contribution >= 0.6 is 11.3 Å². The molecular weight excluding hydrogens is 278 g/mol. The van der Waals surface area contributed by atoms with Crippen LogP contribution in [0.4, 0.5) is 0 Å². The highest BCUT2D eigenvalue weighted by Gasteiger charge is 2.12. The third kappa shape index (κ3) is 2.87. The zero-order chi connectivity index (χ0) is 15.0. The van der Waals surface area contributed by atoms with Crippen molar-refractivity contribution in [1.29, 1.82) is 0 Å². The maximum atomic E-state index is 4.64. The number of rotatable bonds is 4. The lowest BCUT2D eigenvalue weighted by atomic mass is 10.1. The van der Waals surface area contributed by atoms with Gasteiger partial charge in [-0.1, -0.05) is 29.8 Å². The van der Waals surface area contributed by atoms with Crippen molar-refractivity contribution in [2.24, 2.45) is 0 Å². The van der Waals surface area contributed by atoms with Crippen molar-refractivity contribution < 1.29 is 0 Å². The largest absolute Gasteiger partial charge is 0.305 e. The van der Waals surface area contributed by atoms with E-state index in [0.717, 1.165) is 17.2 Å². The number of nitrogens with zero attached hydrogens (tertiary/aromatic N) is 2. The second-order valence-electron chi connectivity index (χ2n) is 5.65. The maximum Gasteiger partial charge on any atom is 0.194 e. The van der Waals surface area contributed by atoms with Crippen molar-refractivity contribution >= 4 is 16.3 Å². The third-order valence-electron chi connectivity index (χ3n) is 3.89. The SMILES string of the molecule is Cc1ccc(C(C)NCc2c(C)nc3sc(C)cn23)cc1. The Morgan fingerprint density at radius 1 is 1.19 bits per heavy atom. The second-order valence-corrected chi connectivity index (χ2v) is 6.86. The Labute approximate surface area is 129 Å². The van der Waals surface area contributed by atoms with Crippen LogP contribution < -0.4 is 5.32 Å². The van der Waals surface area contributed by atoms with Gasteiger partial charge in [-0.2, -0.15) is 0 Å². The Kier molecular flexibility index (Phi) is 3.83. The van der Waals surface area contributed by atoms with Gasteiger partial charge in [0.1, 0.15) is 0 Å². The van der Waals surface area contributed by atoms with Gasteiger partial charge in [-0.05, 0) is 33.3 Å². The molecule has 3 aromatic rings. The molecule has 0 fully saturated rings. The molecule has 0 spiro atoms. The van der Waals surface area contributed by atoms with Gasteiger partial charge >= 0.3 is 0 Å². The fourth-order valence-electron chi connectivity index (χ4n) is 2.54. The summed E-state index contributed by atoms with van der Waals surface area (Å²) in [6, 6.07) is 9.05. The summed E-state index contributed by atoms with van der Waals surface area (Å²) in [5.74, 6) is 0. The topological polar surface area (TPSA) is 29.3 Å². The molecule has 0 radical (unpaired) electrons. The van der Waals surface area contributed by atoms with E-state index >= 15 is 0 Å². The minimum absolute atomic E-state index is 0.329. The lowest BCUT2D eigenvalue weighted by molar-refractivity contribution is 0.564. The van der Waals surface area contributed by atoms with Crippen molar-refractivity contribution in [3.8, 4) is 0 Å². The average Bonchev–Trinajstić information content (AvgIpc) is 2.92. The first kappa shape index (κ1) is 14.3. The van der Waals surface area contributed by atoms with Crippen LogP contribution in [0.3, 0.4) is 0 Å². The van der Waals surface area contributed by atoms with Gasteiger partial charge in [-0.15, -0.1) is 11.3 Å². The van der Waals surface area contributed by atoms with Crippen molar-refractivity contribution in [3.63, 3.8) is 0 Å². The Morgan fingerprint density at radius 2 is 1.90 bits per heavy atom. The summed E-state index contributed by atoms with van der Waals surface area (Å²) in [6.07, 6.45) is 2.17. The molecule has 3 rings (SSSR count). The molecule has 0 saturated heterocycles. The number of aromatic nitrogens is 2. The first-order chi connectivity index (χ1) is 10.0. The van der Waals surface area contributed by atoms with E-state index in [0.29, 0.717) is 6.04 Å². The molecule has 3 nitrogen and oxygen atoms in total. The summed E-state index contributed by atoms with van der Waals surface area (Å²) in [7, 11) is 0. The summed E-state index contributed by atoms with van der Waals surface area (Å²) in [4.78, 5) is 7.02. The Morgan fingerprint density at radius 3 is 2.62 bits per heavy atom. The van der Waals surface area contributed by atoms with Gasteiger partial charge in [0.05, 0.1) is 11.4 Å². The van der Waals surface area contributed by atoms with Crippen LogP contribution in [-0.2, 0) is 6.54 Å². The van der Waals surface area contributed by atoms with Crippen molar-refractivity contribution in [3.05, 3.63) is 57.9 Å². The van der Waals surface area contributed by atoms with Crippen LogP contribution in [-0.4, -0.2) is 9.38 Å². The lowest BCUT2D eigenvalue weighted by Crippen LogP contribution is -2.19. The van der Waals surface area contributed by atoms with Crippen LogP contribution in [0.2, 0.25) is 0 Å². The number of thiazole rings is 1. The fraction of sp³-hybridized carbons (Fsp3) is 0.353. The van der Waals surface area contributed by atoms with E-state index in [9.17, 15) is 0 Å². The van der Waals surface area contributed by atoms with Crippen LogP contribution in [0.25, 0.3) is 4.96 Å². The summed E-state index contributed by atoms with van der Waals surface area (Å²) in [6.45, 7) is 9.37. The predicted molar refractivity (Wildman–Crippen MR) is 89.0 cm³/mol. The van der Waals surface area contributed by atoms with Crippen LogP contribution in [0.5, 0.6) is 0 Å². The Hall–Kier alpha value is -1.65. The third-order valence-corrected chi connectivity index (χ3v) is 4.79. The summed E-state index contributed by atoms with van der Waals surface area (Å²) >= 11 is 1.74. The highest BCUT2D eigenvalue weighted by molar-refractivity contribution is 7.17. The average molecular weight is 299 g/mol. The van der Waals surface area contributed by atoms with Crippen molar-refractivity contribution in [2.75, 3.05) is 0 Å². The lowest BCUT2D eigenvalue weighted by Gasteiger charge is -2.14. The first-order valence-electron chi connectivity index (χ1n) is 7.28. The zero-order valence-electron chi connectivity index (χ0n) is 13.0. The summed E-state index contributed by atoms with van der Waals surface area (Å²) < 4.78 is 2.21. The van der Waals surface area contributed by atoms with E-state index in [-0.39, 0.29) is 0 Å². The number of hydrogen-bond acceptors (Lipinski definition) is 3. The van der Waals surface area contributed by atoms with Crippen LogP contribution in [0.1, 0.15) is 40.4 Å². The van der Waals surface area contributed by atoms with E-state index in [1.54, 1.807) is 11.3 Å². The standard InChI is InChI=1S/C17H21N3S/c1-11-5-7-15(8-6-11)13(3)18-9-16-14(4)19-17-20(16)10-12(2)21-17/h5-8,10,13,18H,9H2,1-4H3. The molecule has 0 aliphatic carbocycles. The Bertz CT molecular complexity index is 752. The minimum Gasteiger partial charge on any atom is -0.305 e. The molecule has 2 aromatic heterocycles. The maximum absolute atomic E-state index is 4.64. The number of benzene rings is 1. The second kappa shape index (κ2) is 5.62. The van der Waals surface area contributed by atoms with Crippen LogP contribution in [0.15, 0.2) is 30.5 Å². The van der Waals surface area contributed by atoms with E-state index in [1.165, 1.54) is 21.7 Å². The van der Waals surface area contributed by atoms with Gasteiger partial charge in [-0.25, -0.2) is 4.98 Å². The van der Waals surface area contributed by atoms with Crippen LogP contribution in [0, 0.1) is 20.8 Å². The van der Waals surface area contributed by atoms with Crippen molar-refractivity contribution in [1.82, 2.24) is 14.7 Å². The number of imidazole rings is 1. The van der Waals surface area contributed by atoms with E-state index in [2.05, 4.69) is 72.9 Å². The molecule has 1 N–H and O–H groups in total. The quantitative estimate of drug-likeness (QED) is 0.783. The molecule has 0 saturated carbocycles. The summed E-state index contributed by atoms with van der Waals surface area (Å²) in [5, 5.41) is 3.61. The summed E-state index contributed by atoms with van der Waals surface area (Å²) in [5.41, 5.74) is 4.99. The van der Waals surface area contributed by atoms with Gasteiger partial charge < -0.3 is 5.32 Å². The van der Waals surface area contributed by atoms with E-state index < -0.39 is 0 Å². The molecule has 110 valence electrons. The predicted octanol–water partition coefficient (Wildman–Crippen LogP) is 4.17. The molecule has 0 amide bonds. The van der Waals surface area contributed by atoms with Gasteiger partial charge in [0, 0.05) is 23.7 Å². The minimum atomic E-state index is 0.329. The van der Waals surface area contributed by atoms with Gasteiger partial charge in [0.2, 0.25) is 0 Å². The molecule has 1 unspecified atom stereocenters. The molecule has 0 aliphatic rings. The smallest absolute Gasteiger partial charge is 0.194 e. The first-order valence-corrected chi connectivity index (χ1v) is 8.10. The number of nitrogens with one attached hydrogen (secondary N) is 1. The monoisotopic (exact) mass is 299 g/mol. The van der Waals surface area contributed by atoms with Crippen molar-refractivity contribution in [2.45, 2.75) is 40.3 Å². The number of hydrogen-bond donors (Lipinski definition) is 1. The van der Waals surface area contributed by atoms with E-state index in [4.69, 9.17) is 0 Å². The number of fused-ring (bicyclic) bond motifs is 1. The fourth-order valence-corrected chi connectivity index (χ4v) is 3.43. The zero-order valence-corrected chi connectivity index (χ0v) is 13.8. The molecule has 0 aliphatic heterocycles. The van der Waals surface area contributed by atoms with E-state index in [1.807, 2.05) is 0 Å². The molecule has 2 heterocycles.